The van der Waals surface area contributed by atoms with Crippen LogP contribution in [-0.2, 0) is 20.8 Å². The number of aliphatic hydroxyl groups excluding tert-OH is 1. The standard InChI is InChI=1S/C26H36N4O5/c1-26(2,3)16-17-7-11-19(12-8-17)30(27)25(33)23(18-9-13-20(34-6)14-10-18)28(4)24(32)21-15-22(31)29(5)35-21/h7-14,21-23,31H,15-16,27H2,1-6H3. The van der Waals surface area contributed by atoms with Crippen LogP contribution in [0.25, 0.3) is 0 Å². The summed E-state index contributed by atoms with van der Waals surface area (Å²) in [6.45, 7) is 6.49. The summed E-state index contributed by atoms with van der Waals surface area (Å²) in [5.41, 5.74) is 2.35. The molecule has 3 rings (SSSR count). The van der Waals surface area contributed by atoms with E-state index < -0.39 is 30.2 Å². The van der Waals surface area contributed by atoms with Gasteiger partial charge in [0.25, 0.3) is 11.8 Å². The zero-order valence-electron chi connectivity index (χ0n) is 21.3. The van der Waals surface area contributed by atoms with Crippen LogP contribution in [-0.4, -0.2) is 60.4 Å². The molecule has 190 valence electrons. The second kappa shape index (κ2) is 10.7. The molecule has 0 aliphatic carbocycles. The highest BCUT2D eigenvalue weighted by Gasteiger charge is 2.40. The summed E-state index contributed by atoms with van der Waals surface area (Å²) in [4.78, 5) is 33.7. The highest BCUT2D eigenvalue weighted by Crippen LogP contribution is 2.29. The van der Waals surface area contributed by atoms with Crippen molar-refractivity contribution in [3.8, 4) is 5.75 Å². The van der Waals surface area contributed by atoms with Gasteiger partial charge in [0.2, 0.25) is 0 Å². The number of hydroxylamine groups is 2. The summed E-state index contributed by atoms with van der Waals surface area (Å²) >= 11 is 0. The third-order valence-electron chi connectivity index (χ3n) is 6.00. The van der Waals surface area contributed by atoms with Gasteiger partial charge in [0.05, 0.1) is 12.8 Å². The van der Waals surface area contributed by atoms with Crippen LogP contribution in [0.5, 0.6) is 5.75 Å². The van der Waals surface area contributed by atoms with Crippen molar-refractivity contribution in [3.05, 3.63) is 59.7 Å². The fraction of sp³-hybridized carbons (Fsp3) is 0.462. The first-order valence-electron chi connectivity index (χ1n) is 11.6. The maximum atomic E-state index is 13.7. The fourth-order valence-electron chi connectivity index (χ4n) is 4.12. The van der Waals surface area contributed by atoms with Crippen LogP contribution in [0.2, 0.25) is 0 Å². The average molecular weight is 485 g/mol. The number of likely N-dealkylation sites (N-methyl/N-ethyl adjacent to an activating group) is 1. The van der Waals surface area contributed by atoms with Gasteiger partial charge in [-0.15, -0.1) is 0 Å². The Morgan fingerprint density at radius 2 is 1.77 bits per heavy atom. The molecule has 0 radical (unpaired) electrons. The molecule has 2 aromatic rings. The molecule has 3 N–H and O–H groups in total. The zero-order valence-corrected chi connectivity index (χ0v) is 21.3. The van der Waals surface area contributed by atoms with Crippen LogP contribution in [0.4, 0.5) is 5.69 Å². The lowest BCUT2D eigenvalue weighted by atomic mass is 9.88. The van der Waals surface area contributed by atoms with Crippen molar-refractivity contribution in [1.29, 1.82) is 0 Å². The van der Waals surface area contributed by atoms with Gasteiger partial charge in [-0.1, -0.05) is 45.0 Å². The predicted molar refractivity (Wildman–Crippen MR) is 133 cm³/mol. The largest absolute Gasteiger partial charge is 0.497 e. The average Bonchev–Trinajstić information content (AvgIpc) is 3.16. The third kappa shape index (κ3) is 6.37. The van der Waals surface area contributed by atoms with Gasteiger partial charge in [-0.2, -0.15) is 5.06 Å². The normalized spacial score (nSPS) is 19.3. The van der Waals surface area contributed by atoms with Gasteiger partial charge in [-0.3, -0.25) is 14.4 Å². The van der Waals surface area contributed by atoms with Gasteiger partial charge in [0, 0.05) is 20.5 Å². The lowest BCUT2D eigenvalue weighted by Gasteiger charge is -2.32. The second-order valence-electron chi connectivity index (χ2n) is 10.1. The van der Waals surface area contributed by atoms with Crippen LogP contribution in [0.3, 0.4) is 0 Å². The topological polar surface area (TPSA) is 109 Å². The van der Waals surface area contributed by atoms with E-state index in [-0.39, 0.29) is 11.8 Å². The molecule has 0 saturated carbocycles. The smallest absolute Gasteiger partial charge is 0.268 e. The Morgan fingerprint density at radius 3 is 2.26 bits per heavy atom. The number of aliphatic hydroxyl groups is 1. The van der Waals surface area contributed by atoms with Gasteiger partial charge >= 0.3 is 0 Å². The van der Waals surface area contributed by atoms with Crippen LogP contribution >= 0.6 is 0 Å². The van der Waals surface area contributed by atoms with E-state index in [9.17, 15) is 14.7 Å². The van der Waals surface area contributed by atoms with Crippen molar-refractivity contribution in [2.75, 3.05) is 26.2 Å². The molecule has 1 aliphatic heterocycles. The number of rotatable bonds is 7. The fourth-order valence-corrected chi connectivity index (χ4v) is 4.12. The molecule has 0 bridgehead atoms. The van der Waals surface area contributed by atoms with E-state index in [0.29, 0.717) is 17.0 Å². The van der Waals surface area contributed by atoms with Crippen LogP contribution in [0.15, 0.2) is 48.5 Å². The summed E-state index contributed by atoms with van der Waals surface area (Å²) in [5, 5.41) is 12.3. The van der Waals surface area contributed by atoms with Gasteiger partial charge in [0.15, 0.2) is 6.10 Å². The Balaban J connectivity index is 1.88. The van der Waals surface area contributed by atoms with Crippen molar-refractivity contribution >= 4 is 17.5 Å². The summed E-state index contributed by atoms with van der Waals surface area (Å²) in [6, 6.07) is 13.4. The van der Waals surface area contributed by atoms with E-state index in [4.69, 9.17) is 15.4 Å². The van der Waals surface area contributed by atoms with Crippen LogP contribution in [0, 0.1) is 5.41 Å². The van der Waals surface area contributed by atoms with Crippen LogP contribution in [0.1, 0.15) is 44.4 Å². The first-order valence-corrected chi connectivity index (χ1v) is 11.6. The van der Waals surface area contributed by atoms with E-state index in [1.807, 2.05) is 12.1 Å². The predicted octanol–water partition coefficient (Wildman–Crippen LogP) is 2.64. The van der Waals surface area contributed by atoms with Crippen molar-refractivity contribution < 1.29 is 24.3 Å². The molecule has 1 aliphatic rings. The molecule has 35 heavy (non-hydrogen) atoms. The number of nitrogens with zero attached hydrogens (tertiary/aromatic N) is 3. The molecule has 2 amide bonds. The SMILES string of the molecule is COc1ccc(C(C(=O)N(N)c2ccc(CC(C)(C)C)cc2)N(C)C(=O)C2CC(O)N(C)O2)cc1. The van der Waals surface area contributed by atoms with Gasteiger partial charge in [-0.05, 0) is 47.2 Å². The maximum absolute atomic E-state index is 13.7. The lowest BCUT2D eigenvalue weighted by molar-refractivity contribution is -0.191. The highest BCUT2D eigenvalue weighted by molar-refractivity contribution is 5.99. The minimum absolute atomic E-state index is 0.102. The van der Waals surface area contributed by atoms with Crippen LogP contribution < -0.4 is 15.6 Å². The van der Waals surface area contributed by atoms with Crippen molar-refractivity contribution in [1.82, 2.24) is 9.96 Å². The van der Waals surface area contributed by atoms with Crippen molar-refractivity contribution in [3.63, 3.8) is 0 Å². The molecule has 3 unspecified atom stereocenters. The number of methoxy groups -OCH3 is 1. The lowest BCUT2D eigenvalue weighted by Crippen LogP contribution is -2.49. The number of hydrazine groups is 1. The number of hydrogen-bond acceptors (Lipinski definition) is 7. The third-order valence-corrected chi connectivity index (χ3v) is 6.00. The highest BCUT2D eigenvalue weighted by atomic mass is 16.7. The number of nitrogens with two attached hydrogens (primary N) is 1. The van der Waals surface area contributed by atoms with Gasteiger partial charge in [0.1, 0.15) is 18.0 Å². The molecule has 1 heterocycles. The van der Waals surface area contributed by atoms with E-state index in [1.54, 1.807) is 50.6 Å². The van der Waals surface area contributed by atoms with E-state index >= 15 is 0 Å². The molecule has 1 fully saturated rings. The summed E-state index contributed by atoms with van der Waals surface area (Å²) in [7, 11) is 4.63. The number of benzene rings is 2. The number of anilines is 1. The van der Waals surface area contributed by atoms with Crippen molar-refractivity contribution in [2.45, 2.75) is 52.0 Å². The zero-order chi connectivity index (χ0) is 25.9. The number of carbonyl (C=O) groups is 2. The van der Waals surface area contributed by atoms with E-state index in [0.717, 1.165) is 17.0 Å². The monoisotopic (exact) mass is 484 g/mol. The van der Waals surface area contributed by atoms with Gasteiger partial charge in [-0.25, -0.2) is 10.9 Å². The molecule has 0 spiro atoms. The Morgan fingerprint density at radius 1 is 1.17 bits per heavy atom. The first-order chi connectivity index (χ1) is 16.4. The Bertz CT molecular complexity index is 1010. The molecule has 1 saturated heterocycles. The number of amides is 2. The summed E-state index contributed by atoms with van der Waals surface area (Å²) in [5.74, 6) is 5.99. The Labute approximate surface area is 206 Å². The molecule has 2 aromatic carbocycles. The van der Waals surface area contributed by atoms with E-state index in [2.05, 4.69) is 20.8 Å². The minimum Gasteiger partial charge on any atom is -0.497 e. The molecule has 0 aromatic heterocycles. The number of carbonyl (C=O) groups excluding carboxylic acids is 2. The molecule has 9 heteroatoms. The molecular formula is C26H36N4O5. The summed E-state index contributed by atoms with van der Waals surface area (Å²) < 4.78 is 5.23. The first kappa shape index (κ1) is 26.6. The molecule has 9 nitrogen and oxygen atoms in total. The van der Waals surface area contributed by atoms with Crippen molar-refractivity contribution in [2.24, 2.45) is 11.3 Å². The minimum atomic E-state index is -1.01. The number of hydrogen-bond donors (Lipinski definition) is 2. The molecule has 3 atom stereocenters. The summed E-state index contributed by atoms with van der Waals surface area (Å²) in [6.07, 6.45) is -0.814. The molecular weight excluding hydrogens is 448 g/mol. The Kier molecular flexibility index (Phi) is 8.17. The Hall–Kier alpha value is -2.98. The maximum Gasteiger partial charge on any atom is 0.268 e. The quantitative estimate of drug-likeness (QED) is 0.353. The van der Waals surface area contributed by atoms with Gasteiger partial charge < -0.3 is 14.7 Å². The van der Waals surface area contributed by atoms with E-state index in [1.165, 1.54) is 17.0 Å². The number of ether oxygens (including phenoxy) is 1. The second-order valence-corrected chi connectivity index (χ2v) is 10.1.